The summed E-state index contributed by atoms with van der Waals surface area (Å²) in [5.41, 5.74) is 1.53. The van der Waals surface area contributed by atoms with Crippen molar-refractivity contribution in [3.05, 3.63) is 62.9 Å². The summed E-state index contributed by atoms with van der Waals surface area (Å²) in [5.74, 6) is -0.620. The number of aliphatic hydroxyl groups is 1. The first-order valence-corrected chi connectivity index (χ1v) is 10.6. The first kappa shape index (κ1) is 18.4. The van der Waals surface area contributed by atoms with Gasteiger partial charge >= 0.3 is 5.97 Å². The van der Waals surface area contributed by atoms with Crippen LogP contribution in [0.5, 0.6) is 0 Å². The molecule has 0 unspecified atom stereocenters. The second kappa shape index (κ2) is 6.11. The molecule has 1 aromatic carbocycles. The van der Waals surface area contributed by atoms with Crippen molar-refractivity contribution in [1.29, 1.82) is 0 Å². The average Bonchev–Trinajstić information content (AvgIpc) is 3.57. The Labute approximate surface area is 177 Å². The first-order valence-electron chi connectivity index (χ1n) is 10.6. The Bertz CT molecular complexity index is 1380. The molecule has 0 radical (unpaired) electrons. The zero-order valence-electron chi connectivity index (χ0n) is 17.0. The number of hydrogen-bond acceptors (Lipinski definition) is 6. The summed E-state index contributed by atoms with van der Waals surface area (Å²) in [6.45, 7) is 1.74. The third-order valence-corrected chi connectivity index (χ3v) is 6.79. The standard InChI is InChI=1S/C24H20N2O5/c1-2-24(30)16-9-18-20-14(10-26(18)22(28)15(16)11-31-23(24)29)19(21(27)12-7-8-12)13-5-3-4-6-17(13)25-20/h3-6,9,12,30H,2,7-8,10-11H2,1H3/t24-/m0/s1. The van der Waals surface area contributed by atoms with Crippen LogP contribution in [0.2, 0.25) is 0 Å². The van der Waals surface area contributed by atoms with Gasteiger partial charge in [0.1, 0.15) is 6.61 Å². The van der Waals surface area contributed by atoms with Crippen LogP contribution in [0.3, 0.4) is 0 Å². The third kappa shape index (κ3) is 2.38. The van der Waals surface area contributed by atoms with E-state index in [1.165, 1.54) is 0 Å². The number of cyclic esters (lactones) is 1. The number of nitrogens with zero attached hydrogens (tertiary/aromatic N) is 2. The number of esters is 1. The number of benzene rings is 1. The maximum atomic E-state index is 13.4. The summed E-state index contributed by atoms with van der Waals surface area (Å²) in [5, 5.41) is 11.8. The van der Waals surface area contributed by atoms with Crippen LogP contribution in [0.15, 0.2) is 35.1 Å². The highest BCUT2D eigenvalue weighted by Gasteiger charge is 2.46. The lowest BCUT2D eigenvalue weighted by atomic mass is 9.86. The van der Waals surface area contributed by atoms with Crippen LogP contribution in [0.4, 0.5) is 0 Å². The van der Waals surface area contributed by atoms with Crippen LogP contribution in [0.25, 0.3) is 22.3 Å². The van der Waals surface area contributed by atoms with Gasteiger partial charge in [0.05, 0.1) is 29.0 Å². The lowest BCUT2D eigenvalue weighted by Gasteiger charge is -2.31. The lowest BCUT2D eigenvalue weighted by Crippen LogP contribution is -2.44. The maximum Gasteiger partial charge on any atom is 0.343 e. The zero-order valence-corrected chi connectivity index (χ0v) is 17.0. The van der Waals surface area contributed by atoms with E-state index < -0.39 is 11.6 Å². The minimum Gasteiger partial charge on any atom is -0.458 e. The van der Waals surface area contributed by atoms with Crippen LogP contribution < -0.4 is 5.56 Å². The number of Topliss-reactive ketones (excluding diaryl/α,β-unsaturated/α-hetero) is 1. The normalized spacial score (nSPS) is 21.4. The van der Waals surface area contributed by atoms with Crippen molar-refractivity contribution in [3.8, 4) is 11.4 Å². The van der Waals surface area contributed by atoms with Gasteiger partial charge in [-0.3, -0.25) is 9.59 Å². The molecule has 0 amide bonds. The minimum absolute atomic E-state index is 0.0275. The molecule has 1 saturated carbocycles. The van der Waals surface area contributed by atoms with Gasteiger partial charge < -0.3 is 14.4 Å². The van der Waals surface area contributed by atoms with Gasteiger partial charge in [-0.2, -0.15) is 0 Å². The van der Waals surface area contributed by atoms with E-state index in [4.69, 9.17) is 9.72 Å². The highest BCUT2D eigenvalue weighted by molar-refractivity contribution is 6.12. The molecule has 2 aromatic heterocycles. The molecule has 1 atom stereocenters. The quantitative estimate of drug-likeness (QED) is 0.407. The average molecular weight is 416 g/mol. The van der Waals surface area contributed by atoms with Crippen LogP contribution in [-0.2, 0) is 28.3 Å². The number of hydrogen-bond donors (Lipinski definition) is 1. The molecule has 2 aliphatic heterocycles. The van der Waals surface area contributed by atoms with Crippen molar-refractivity contribution >= 4 is 22.7 Å². The van der Waals surface area contributed by atoms with Gasteiger partial charge in [0, 0.05) is 28.0 Å². The molecule has 4 heterocycles. The van der Waals surface area contributed by atoms with Crippen LogP contribution >= 0.6 is 0 Å². The Morgan fingerprint density at radius 1 is 1.26 bits per heavy atom. The van der Waals surface area contributed by atoms with E-state index in [0.717, 1.165) is 23.8 Å². The minimum atomic E-state index is -1.87. The van der Waals surface area contributed by atoms with Crippen molar-refractivity contribution in [3.63, 3.8) is 0 Å². The summed E-state index contributed by atoms with van der Waals surface area (Å²) in [6.07, 6.45) is 1.86. The van der Waals surface area contributed by atoms with E-state index in [1.54, 1.807) is 17.6 Å². The summed E-state index contributed by atoms with van der Waals surface area (Å²) in [4.78, 5) is 43.7. The van der Waals surface area contributed by atoms with E-state index in [-0.39, 0.29) is 48.0 Å². The molecule has 156 valence electrons. The maximum absolute atomic E-state index is 13.4. The molecule has 1 fully saturated rings. The monoisotopic (exact) mass is 416 g/mol. The van der Waals surface area contributed by atoms with Gasteiger partial charge in [-0.1, -0.05) is 25.1 Å². The molecular formula is C24H20N2O5. The van der Waals surface area contributed by atoms with Crippen molar-refractivity contribution < 1.29 is 19.4 Å². The first-order chi connectivity index (χ1) is 14.9. The van der Waals surface area contributed by atoms with Crippen LogP contribution in [0.1, 0.15) is 53.2 Å². The number of ketones is 1. The molecule has 0 spiro atoms. The summed E-state index contributed by atoms with van der Waals surface area (Å²) >= 11 is 0. The second-order valence-corrected chi connectivity index (χ2v) is 8.57. The predicted octanol–water partition coefficient (Wildman–Crippen LogP) is 2.67. The Hall–Kier alpha value is -3.32. The van der Waals surface area contributed by atoms with Gasteiger partial charge in [-0.25, -0.2) is 9.78 Å². The number of carbonyl (C=O) groups excluding carboxylic acids is 2. The summed E-state index contributed by atoms with van der Waals surface area (Å²) < 4.78 is 6.70. The molecule has 31 heavy (non-hydrogen) atoms. The van der Waals surface area contributed by atoms with E-state index in [9.17, 15) is 19.5 Å². The summed E-state index contributed by atoms with van der Waals surface area (Å²) in [6, 6.07) is 9.19. The number of aromatic nitrogens is 2. The van der Waals surface area contributed by atoms with Crippen molar-refractivity contribution in [2.45, 2.75) is 44.9 Å². The Balaban J connectivity index is 1.66. The molecule has 7 nitrogen and oxygen atoms in total. The van der Waals surface area contributed by atoms with Gasteiger partial charge in [0.2, 0.25) is 0 Å². The molecule has 3 aliphatic rings. The molecule has 7 heteroatoms. The largest absolute Gasteiger partial charge is 0.458 e. The zero-order chi connectivity index (χ0) is 21.5. The van der Waals surface area contributed by atoms with E-state index in [1.807, 2.05) is 24.3 Å². The molecular weight excluding hydrogens is 396 g/mol. The Morgan fingerprint density at radius 2 is 2.03 bits per heavy atom. The van der Waals surface area contributed by atoms with Gasteiger partial charge in [0.15, 0.2) is 11.4 Å². The van der Waals surface area contributed by atoms with E-state index in [0.29, 0.717) is 22.5 Å². The predicted molar refractivity (Wildman–Crippen MR) is 112 cm³/mol. The topological polar surface area (TPSA) is 98.5 Å². The van der Waals surface area contributed by atoms with Crippen molar-refractivity contribution in [1.82, 2.24) is 9.55 Å². The lowest BCUT2D eigenvalue weighted by molar-refractivity contribution is -0.172. The Kier molecular flexibility index (Phi) is 3.63. The number of rotatable bonds is 3. The number of ether oxygens (including phenoxy) is 1. The number of pyridine rings is 2. The highest BCUT2D eigenvalue weighted by atomic mass is 16.6. The Morgan fingerprint density at radius 3 is 2.77 bits per heavy atom. The highest BCUT2D eigenvalue weighted by Crippen LogP contribution is 2.42. The SMILES string of the molecule is CC[C@@]1(O)C(=O)OCc2c1cc1n(c2=O)Cc2c-1nc1ccccc1c2C(=O)C1CC1. The van der Waals surface area contributed by atoms with Crippen molar-refractivity contribution in [2.75, 3.05) is 0 Å². The van der Waals surface area contributed by atoms with Crippen molar-refractivity contribution in [2.24, 2.45) is 5.92 Å². The molecule has 0 bridgehead atoms. The molecule has 3 aromatic rings. The smallest absolute Gasteiger partial charge is 0.343 e. The molecule has 6 rings (SSSR count). The summed E-state index contributed by atoms with van der Waals surface area (Å²) in [7, 11) is 0. The van der Waals surface area contributed by atoms with E-state index in [2.05, 4.69) is 0 Å². The third-order valence-electron chi connectivity index (χ3n) is 6.79. The van der Waals surface area contributed by atoms with Gasteiger partial charge in [0.25, 0.3) is 5.56 Å². The number of carbonyl (C=O) groups is 2. The fraction of sp³-hybridized carbons (Fsp3) is 0.333. The number of para-hydroxylation sites is 1. The molecule has 1 aliphatic carbocycles. The fourth-order valence-electron chi connectivity index (χ4n) is 4.86. The molecule has 1 N–H and O–H groups in total. The van der Waals surface area contributed by atoms with E-state index >= 15 is 0 Å². The number of fused-ring (bicyclic) bond motifs is 5. The van der Waals surface area contributed by atoms with Crippen LogP contribution in [0, 0.1) is 5.92 Å². The fourth-order valence-corrected chi connectivity index (χ4v) is 4.86. The van der Waals surface area contributed by atoms with Crippen LogP contribution in [-0.4, -0.2) is 26.4 Å². The molecule has 0 saturated heterocycles. The van der Waals surface area contributed by atoms with Gasteiger partial charge in [-0.15, -0.1) is 0 Å². The van der Waals surface area contributed by atoms with Gasteiger partial charge in [-0.05, 0) is 31.4 Å². The second-order valence-electron chi connectivity index (χ2n) is 8.57.